The normalized spacial score (nSPS) is 16.2. The van der Waals surface area contributed by atoms with Crippen molar-refractivity contribution in [2.24, 2.45) is 0 Å². The molecule has 0 amide bonds. The predicted octanol–water partition coefficient (Wildman–Crippen LogP) is 1.38. The Labute approximate surface area is 101 Å². The monoisotopic (exact) mass is 286 g/mol. The van der Waals surface area contributed by atoms with Gasteiger partial charge in [0, 0.05) is 17.6 Å². The van der Waals surface area contributed by atoms with Crippen LogP contribution in [0.4, 0.5) is 5.82 Å². The molecule has 0 aromatic carbocycles. The molecule has 6 heteroatoms. The molecule has 0 radical (unpaired) electrons. The maximum Gasteiger partial charge on any atom is 0.354 e. The van der Waals surface area contributed by atoms with Crippen LogP contribution in [0.2, 0.25) is 0 Å². The number of nitrogens with zero attached hydrogens (tertiary/aromatic N) is 2. The van der Waals surface area contributed by atoms with Crippen molar-refractivity contribution in [2.75, 3.05) is 31.2 Å². The Morgan fingerprint density at radius 1 is 1.44 bits per heavy atom. The summed E-state index contributed by atoms with van der Waals surface area (Å²) < 4.78 is 5.96. The van der Waals surface area contributed by atoms with Crippen LogP contribution < -0.4 is 4.90 Å². The van der Waals surface area contributed by atoms with E-state index in [9.17, 15) is 4.79 Å². The number of aromatic nitrogens is 1. The van der Waals surface area contributed by atoms with Gasteiger partial charge in [0.1, 0.15) is 5.82 Å². The van der Waals surface area contributed by atoms with Crippen LogP contribution in [0.3, 0.4) is 0 Å². The Balaban J connectivity index is 2.28. The molecule has 1 aliphatic heterocycles. The van der Waals surface area contributed by atoms with Gasteiger partial charge in [0.15, 0.2) is 5.69 Å². The molecule has 0 spiro atoms. The van der Waals surface area contributed by atoms with Crippen molar-refractivity contribution in [3.8, 4) is 0 Å². The number of anilines is 1. The van der Waals surface area contributed by atoms with Gasteiger partial charge in [0.05, 0.1) is 13.2 Å². The third-order valence-corrected chi connectivity index (χ3v) is 2.79. The van der Waals surface area contributed by atoms with Gasteiger partial charge >= 0.3 is 5.97 Å². The highest BCUT2D eigenvalue weighted by Crippen LogP contribution is 2.20. The zero-order valence-corrected chi connectivity index (χ0v) is 10.1. The second-order valence-electron chi connectivity index (χ2n) is 3.43. The van der Waals surface area contributed by atoms with E-state index in [1.807, 2.05) is 11.0 Å². The molecular formula is C10H11BrN2O3. The van der Waals surface area contributed by atoms with Gasteiger partial charge < -0.3 is 14.7 Å². The Bertz CT molecular complexity index is 405. The second-order valence-corrected chi connectivity index (χ2v) is 4.35. The minimum Gasteiger partial charge on any atom is -0.477 e. The van der Waals surface area contributed by atoms with Crippen molar-refractivity contribution in [1.82, 2.24) is 4.98 Å². The zero-order chi connectivity index (χ0) is 11.5. The first-order valence-corrected chi connectivity index (χ1v) is 5.70. The summed E-state index contributed by atoms with van der Waals surface area (Å²) in [6.45, 7) is 2.78. The lowest BCUT2D eigenvalue weighted by molar-refractivity contribution is 0.0690. The molecule has 0 atom stereocenters. The van der Waals surface area contributed by atoms with E-state index in [4.69, 9.17) is 9.84 Å². The number of halogens is 1. The number of rotatable bonds is 2. The number of morpholine rings is 1. The molecule has 1 fully saturated rings. The van der Waals surface area contributed by atoms with E-state index < -0.39 is 5.97 Å². The molecule has 1 N–H and O–H groups in total. The SMILES string of the molecule is O=C(O)c1cc(Br)cc(N2CCOCC2)n1. The summed E-state index contributed by atoms with van der Waals surface area (Å²) in [6.07, 6.45) is 0. The van der Waals surface area contributed by atoms with Gasteiger partial charge in [-0.1, -0.05) is 15.9 Å². The summed E-state index contributed by atoms with van der Waals surface area (Å²) in [5, 5.41) is 8.91. The van der Waals surface area contributed by atoms with Crippen molar-refractivity contribution >= 4 is 27.7 Å². The maximum atomic E-state index is 10.9. The number of aromatic carboxylic acids is 1. The van der Waals surface area contributed by atoms with Gasteiger partial charge in [-0.25, -0.2) is 9.78 Å². The van der Waals surface area contributed by atoms with Crippen LogP contribution in [-0.2, 0) is 4.74 Å². The van der Waals surface area contributed by atoms with Gasteiger partial charge in [-0.2, -0.15) is 0 Å². The van der Waals surface area contributed by atoms with Crippen LogP contribution in [0.1, 0.15) is 10.5 Å². The molecular weight excluding hydrogens is 276 g/mol. The molecule has 0 unspecified atom stereocenters. The minimum atomic E-state index is -1.02. The molecule has 2 heterocycles. The number of carboxylic acids is 1. The first-order chi connectivity index (χ1) is 7.66. The summed E-state index contributed by atoms with van der Waals surface area (Å²) in [6, 6.07) is 3.31. The standard InChI is InChI=1S/C10H11BrN2O3/c11-7-5-8(10(14)15)12-9(6-7)13-1-3-16-4-2-13/h5-6H,1-4H2,(H,14,15). The van der Waals surface area contributed by atoms with Crippen molar-refractivity contribution in [3.63, 3.8) is 0 Å². The average molecular weight is 287 g/mol. The van der Waals surface area contributed by atoms with E-state index in [0.717, 1.165) is 17.6 Å². The van der Waals surface area contributed by atoms with Gasteiger partial charge in [-0.15, -0.1) is 0 Å². The fraction of sp³-hybridized carbons (Fsp3) is 0.400. The molecule has 2 rings (SSSR count). The maximum absolute atomic E-state index is 10.9. The zero-order valence-electron chi connectivity index (χ0n) is 8.52. The van der Waals surface area contributed by atoms with Crippen LogP contribution >= 0.6 is 15.9 Å². The first kappa shape index (κ1) is 11.3. The highest BCUT2D eigenvalue weighted by Gasteiger charge is 2.15. The number of carbonyl (C=O) groups is 1. The largest absolute Gasteiger partial charge is 0.477 e. The van der Waals surface area contributed by atoms with Crippen molar-refractivity contribution in [3.05, 3.63) is 22.3 Å². The highest BCUT2D eigenvalue weighted by molar-refractivity contribution is 9.10. The van der Waals surface area contributed by atoms with Gasteiger partial charge in [0.25, 0.3) is 0 Å². The molecule has 86 valence electrons. The Morgan fingerprint density at radius 2 is 2.12 bits per heavy atom. The van der Waals surface area contributed by atoms with E-state index in [2.05, 4.69) is 20.9 Å². The van der Waals surface area contributed by atoms with E-state index in [0.29, 0.717) is 19.0 Å². The highest BCUT2D eigenvalue weighted by atomic mass is 79.9. The fourth-order valence-electron chi connectivity index (χ4n) is 1.55. The Kier molecular flexibility index (Phi) is 3.40. The van der Waals surface area contributed by atoms with Crippen LogP contribution in [0.25, 0.3) is 0 Å². The summed E-state index contributed by atoms with van der Waals surface area (Å²) in [4.78, 5) is 17.0. The summed E-state index contributed by atoms with van der Waals surface area (Å²) >= 11 is 3.29. The second kappa shape index (κ2) is 4.80. The average Bonchev–Trinajstić information content (AvgIpc) is 2.29. The minimum absolute atomic E-state index is 0.0517. The first-order valence-electron chi connectivity index (χ1n) is 4.90. The fourth-order valence-corrected chi connectivity index (χ4v) is 1.97. The lowest BCUT2D eigenvalue weighted by Crippen LogP contribution is -2.37. The van der Waals surface area contributed by atoms with Gasteiger partial charge in [-0.3, -0.25) is 0 Å². The molecule has 0 aliphatic carbocycles. The third kappa shape index (κ3) is 2.51. The van der Waals surface area contributed by atoms with E-state index in [-0.39, 0.29) is 5.69 Å². The summed E-state index contributed by atoms with van der Waals surface area (Å²) in [5.74, 6) is -0.342. The lowest BCUT2D eigenvalue weighted by Gasteiger charge is -2.28. The molecule has 0 saturated carbocycles. The quantitative estimate of drug-likeness (QED) is 0.890. The van der Waals surface area contributed by atoms with E-state index in [1.54, 1.807) is 0 Å². The van der Waals surface area contributed by atoms with Crippen LogP contribution in [0.15, 0.2) is 16.6 Å². The van der Waals surface area contributed by atoms with Gasteiger partial charge in [-0.05, 0) is 12.1 Å². The number of carboxylic acid groups (broad SMARTS) is 1. The third-order valence-electron chi connectivity index (χ3n) is 2.33. The summed E-state index contributed by atoms with van der Waals surface area (Å²) in [5.41, 5.74) is 0.0517. The molecule has 1 aromatic heterocycles. The van der Waals surface area contributed by atoms with Crippen molar-refractivity contribution in [2.45, 2.75) is 0 Å². The molecule has 0 bridgehead atoms. The molecule has 1 saturated heterocycles. The summed E-state index contributed by atoms with van der Waals surface area (Å²) in [7, 11) is 0. The molecule has 1 aromatic rings. The van der Waals surface area contributed by atoms with E-state index >= 15 is 0 Å². The van der Waals surface area contributed by atoms with Crippen LogP contribution in [0.5, 0.6) is 0 Å². The molecule has 16 heavy (non-hydrogen) atoms. The Morgan fingerprint density at radius 3 is 2.75 bits per heavy atom. The lowest BCUT2D eigenvalue weighted by atomic mass is 10.3. The number of ether oxygens (including phenoxy) is 1. The number of hydrogen-bond acceptors (Lipinski definition) is 4. The van der Waals surface area contributed by atoms with Crippen LogP contribution in [-0.4, -0.2) is 42.4 Å². The Hall–Kier alpha value is -1.14. The van der Waals surface area contributed by atoms with Crippen molar-refractivity contribution < 1.29 is 14.6 Å². The predicted molar refractivity (Wildman–Crippen MR) is 61.9 cm³/mol. The number of pyridine rings is 1. The van der Waals surface area contributed by atoms with Gasteiger partial charge in [0.2, 0.25) is 0 Å². The number of hydrogen-bond donors (Lipinski definition) is 1. The van der Waals surface area contributed by atoms with Crippen molar-refractivity contribution in [1.29, 1.82) is 0 Å². The van der Waals surface area contributed by atoms with Crippen LogP contribution in [0, 0.1) is 0 Å². The molecule has 1 aliphatic rings. The molecule has 5 nitrogen and oxygen atoms in total. The smallest absolute Gasteiger partial charge is 0.354 e. The topological polar surface area (TPSA) is 62.7 Å². The van der Waals surface area contributed by atoms with E-state index in [1.165, 1.54) is 6.07 Å².